The number of hydrogen-bond acceptors (Lipinski definition) is 4. The average Bonchev–Trinajstić information content (AvgIpc) is 2.28. The van der Waals surface area contributed by atoms with E-state index >= 15 is 0 Å². The highest BCUT2D eigenvalue weighted by Crippen LogP contribution is 2.33. The normalized spacial score (nSPS) is 11.6. The van der Waals surface area contributed by atoms with Crippen LogP contribution in [0.1, 0.15) is 11.4 Å². The van der Waals surface area contributed by atoms with Gasteiger partial charge in [0.05, 0.1) is 5.56 Å². The number of halogens is 4. The molecule has 0 N–H and O–H groups in total. The van der Waals surface area contributed by atoms with Gasteiger partial charge in [-0.2, -0.15) is 13.2 Å². The van der Waals surface area contributed by atoms with Crippen molar-refractivity contribution in [3.8, 4) is 11.4 Å². The quantitative estimate of drug-likeness (QED) is 0.811. The van der Waals surface area contributed by atoms with Crippen LogP contribution in [0.4, 0.5) is 13.2 Å². The average molecular weight is 319 g/mol. The SMILES string of the molecule is Cc1nnc(-c2cc(Br)cc(C(F)(F)F)c2)nn1. The van der Waals surface area contributed by atoms with Gasteiger partial charge in [0.1, 0.15) is 0 Å². The number of nitrogens with zero attached hydrogens (tertiary/aromatic N) is 4. The van der Waals surface area contributed by atoms with Gasteiger partial charge in [-0.05, 0) is 25.1 Å². The Bertz CT molecular complexity index is 568. The Balaban J connectivity index is 2.52. The van der Waals surface area contributed by atoms with E-state index in [0.29, 0.717) is 5.82 Å². The molecule has 0 radical (unpaired) electrons. The molecule has 0 fully saturated rings. The number of rotatable bonds is 1. The molecule has 1 aromatic carbocycles. The van der Waals surface area contributed by atoms with Crippen molar-refractivity contribution in [2.24, 2.45) is 0 Å². The Hall–Kier alpha value is -1.57. The third-order valence-corrected chi connectivity index (χ3v) is 2.52. The van der Waals surface area contributed by atoms with E-state index in [4.69, 9.17) is 0 Å². The lowest BCUT2D eigenvalue weighted by atomic mass is 10.1. The highest BCUT2D eigenvalue weighted by Gasteiger charge is 2.31. The highest BCUT2D eigenvalue weighted by atomic mass is 79.9. The Kier molecular flexibility index (Phi) is 3.29. The van der Waals surface area contributed by atoms with Crippen LogP contribution in [0.5, 0.6) is 0 Å². The van der Waals surface area contributed by atoms with Crippen LogP contribution in [0, 0.1) is 6.92 Å². The van der Waals surface area contributed by atoms with E-state index in [1.54, 1.807) is 6.92 Å². The molecule has 8 heteroatoms. The summed E-state index contributed by atoms with van der Waals surface area (Å²) in [5.41, 5.74) is -0.576. The van der Waals surface area contributed by atoms with Gasteiger partial charge >= 0.3 is 6.18 Å². The summed E-state index contributed by atoms with van der Waals surface area (Å²) in [4.78, 5) is 0. The molecule has 0 atom stereocenters. The van der Waals surface area contributed by atoms with E-state index in [2.05, 4.69) is 36.3 Å². The summed E-state index contributed by atoms with van der Waals surface area (Å²) in [5, 5.41) is 14.7. The maximum absolute atomic E-state index is 12.6. The van der Waals surface area contributed by atoms with Crippen molar-refractivity contribution in [2.75, 3.05) is 0 Å². The van der Waals surface area contributed by atoms with Crippen LogP contribution in [0.25, 0.3) is 11.4 Å². The summed E-state index contributed by atoms with van der Waals surface area (Å²) in [7, 11) is 0. The summed E-state index contributed by atoms with van der Waals surface area (Å²) >= 11 is 3.02. The number of aryl methyl sites for hydroxylation is 1. The van der Waals surface area contributed by atoms with Crippen molar-refractivity contribution in [1.82, 2.24) is 20.4 Å². The van der Waals surface area contributed by atoms with Crippen LogP contribution >= 0.6 is 15.9 Å². The smallest absolute Gasteiger partial charge is 0.166 e. The van der Waals surface area contributed by atoms with Crippen LogP contribution in [0.15, 0.2) is 22.7 Å². The first-order chi connectivity index (χ1) is 8.36. The second-order valence-electron chi connectivity index (χ2n) is 3.50. The Labute approximate surface area is 108 Å². The Morgan fingerprint density at radius 2 is 1.61 bits per heavy atom. The minimum atomic E-state index is -4.43. The predicted octanol–water partition coefficient (Wildman–Crippen LogP) is 3.02. The zero-order valence-corrected chi connectivity index (χ0v) is 10.6. The largest absolute Gasteiger partial charge is 0.416 e. The van der Waals surface area contributed by atoms with Crippen molar-refractivity contribution >= 4 is 15.9 Å². The second kappa shape index (κ2) is 4.60. The summed E-state index contributed by atoms with van der Waals surface area (Å²) in [6.07, 6.45) is -4.43. The molecule has 1 aromatic heterocycles. The lowest BCUT2D eigenvalue weighted by Gasteiger charge is -2.08. The zero-order valence-electron chi connectivity index (χ0n) is 9.03. The van der Waals surface area contributed by atoms with Gasteiger partial charge in [-0.3, -0.25) is 0 Å². The highest BCUT2D eigenvalue weighted by molar-refractivity contribution is 9.10. The summed E-state index contributed by atoms with van der Waals surface area (Å²) in [6.45, 7) is 1.59. The fraction of sp³-hybridized carbons (Fsp3) is 0.200. The van der Waals surface area contributed by atoms with E-state index in [1.165, 1.54) is 6.07 Å². The van der Waals surface area contributed by atoms with Gasteiger partial charge < -0.3 is 0 Å². The van der Waals surface area contributed by atoms with Crippen LogP contribution < -0.4 is 0 Å². The van der Waals surface area contributed by atoms with Crippen LogP contribution in [0.3, 0.4) is 0 Å². The molecule has 2 rings (SSSR count). The van der Waals surface area contributed by atoms with Crippen LogP contribution in [0.2, 0.25) is 0 Å². The molecular weight excluding hydrogens is 313 g/mol. The fourth-order valence-corrected chi connectivity index (χ4v) is 1.77. The van der Waals surface area contributed by atoms with Gasteiger partial charge in [-0.25, -0.2) is 0 Å². The number of benzene rings is 1. The zero-order chi connectivity index (χ0) is 13.3. The van der Waals surface area contributed by atoms with Crippen molar-refractivity contribution in [3.63, 3.8) is 0 Å². The molecule has 2 aromatic rings. The van der Waals surface area contributed by atoms with Crippen LogP contribution in [-0.2, 0) is 6.18 Å². The maximum Gasteiger partial charge on any atom is 0.416 e. The molecule has 0 aliphatic carbocycles. The van der Waals surface area contributed by atoms with Gasteiger partial charge in [0.25, 0.3) is 0 Å². The third-order valence-electron chi connectivity index (χ3n) is 2.06. The second-order valence-corrected chi connectivity index (χ2v) is 4.41. The number of hydrogen-bond donors (Lipinski definition) is 0. The van der Waals surface area contributed by atoms with E-state index in [0.717, 1.165) is 12.1 Å². The molecular formula is C10H6BrF3N4. The molecule has 4 nitrogen and oxygen atoms in total. The van der Waals surface area contributed by atoms with Gasteiger partial charge in [-0.1, -0.05) is 15.9 Å². The van der Waals surface area contributed by atoms with Crippen molar-refractivity contribution in [2.45, 2.75) is 13.1 Å². The minimum Gasteiger partial charge on any atom is -0.166 e. The summed E-state index contributed by atoms with van der Waals surface area (Å²) in [5.74, 6) is 0.400. The lowest BCUT2D eigenvalue weighted by Crippen LogP contribution is -2.06. The number of aromatic nitrogens is 4. The molecule has 1 heterocycles. The van der Waals surface area contributed by atoms with Gasteiger partial charge in [-0.15, -0.1) is 20.4 Å². The molecule has 0 amide bonds. The summed E-state index contributed by atoms with van der Waals surface area (Å²) in [6, 6.07) is 3.42. The van der Waals surface area contributed by atoms with Crippen molar-refractivity contribution < 1.29 is 13.2 Å². The van der Waals surface area contributed by atoms with Crippen LogP contribution in [-0.4, -0.2) is 20.4 Å². The summed E-state index contributed by atoms with van der Waals surface area (Å²) < 4.78 is 38.2. The maximum atomic E-state index is 12.6. The molecule has 0 spiro atoms. The van der Waals surface area contributed by atoms with Gasteiger partial charge in [0.2, 0.25) is 5.82 Å². The molecule has 0 unspecified atom stereocenters. The van der Waals surface area contributed by atoms with E-state index in [9.17, 15) is 13.2 Å². The third kappa shape index (κ3) is 2.81. The van der Waals surface area contributed by atoms with Crippen molar-refractivity contribution in [3.05, 3.63) is 34.1 Å². The van der Waals surface area contributed by atoms with Gasteiger partial charge in [0, 0.05) is 10.0 Å². The first-order valence-electron chi connectivity index (χ1n) is 4.78. The molecule has 0 saturated heterocycles. The molecule has 18 heavy (non-hydrogen) atoms. The fourth-order valence-electron chi connectivity index (χ4n) is 1.28. The lowest BCUT2D eigenvalue weighted by molar-refractivity contribution is -0.137. The first-order valence-corrected chi connectivity index (χ1v) is 5.58. The first kappa shape index (κ1) is 12.9. The Morgan fingerprint density at radius 1 is 1.00 bits per heavy atom. The van der Waals surface area contributed by atoms with Gasteiger partial charge in [0.15, 0.2) is 5.82 Å². The van der Waals surface area contributed by atoms with E-state index in [-0.39, 0.29) is 15.9 Å². The predicted molar refractivity (Wildman–Crippen MR) is 60.5 cm³/mol. The molecule has 94 valence electrons. The molecule has 0 saturated carbocycles. The number of alkyl halides is 3. The van der Waals surface area contributed by atoms with Crippen molar-refractivity contribution in [1.29, 1.82) is 0 Å². The van der Waals surface area contributed by atoms with E-state index in [1.807, 2.05) is 0 Å². The topological polar surface area (TPSA) is 51.6 Å². The minimum absolute atomic E-state index is 0.0485. The van der Waals surface area contributed by atoms with E-state index < -0.39 is 11.7 Å². The molecule has 0 bridgehead atoms. The molecule has 0 aliphatic rings. The monoisotopic (exact) mass is 318 g/mol. The Morgan fingerprint density at radius 3 is 2.17 bits per heavy atom. The standard InChI is InChI=1S/C10H6BrF3N4/c1-5-15-17-9(18-16-5)6-2-7(10(12,13)14)4-8(11)3-6/h2-4H,1H3. The molecule has 0 aliphatic heterocycles.